The third-order valence-electron chi connectivity index (χ3n) is 6.66. The van der Waals surface area contributed by atoms with E-state index in [9.17, 15) is 18.0 Å². The Morgan fingerprint density at radius 1 is 1.11 bits per heavy atom. The zero-order valence-corrected chi connectivity index (χ0v) is 22.0. The van der Waals surface area contributed by atoms with Crippen molar-refractivity contribution in [3.63, 3.8) is 0 Å². The fourth-order valence-corrected chi connectivity index (χ4v) is 6.32. The average Bonchev–Trinajstić information content (AvgIpc) is 3.46. The Bertz CT molecular complexity index is 1380. The SMILES string of the molecule is CCCS(=O)(=O)N1C[C@H](C(=O)NO)[C@H](NC(=O)c2ccc(Cn3c(C(C)C)nc4ccccc43)cc2)C1. The van der Waals surface area contributed by atoms with E-state index >= 15 is 0 Å². The predicted molar refractivity (Wildman–Crippen MR) is 140 cm³/mol. The number of amides is 2. The van der Waals surface area contributed by atoms with Crippen LogP contribution < -0.4 is 10.8 Å². The Morgan fingerprint density at radius 3 is 2.46 bits per heavy atom. The van der Waals surface area contributed by atoms with E-state index in [2.05, 4.69) is 23.7 Å². The van der Waals surface area contributed by atoms with Gasteiger partial charge in [-0.2, -0.15) is 4.31 Å². The van der Waals surface area contributed by atoms with E-state index in [-0.39, 0.29) is 24.8 Å². The second kappa shape index (κ2) is 11.0. The second-order valence-electron chi connectivity index (χ2n) is 9.69. The highest BCUT2D eigenvalue weighted by atomic mass is 32.2. The van der Waals surface area contributed by atoms with Gasteiger partial charge in [-0.05, 0) is 36.2 Å². The first-order chi connectivity index (χ1) is 17.6. The van der Waals surface area contributed by atoms with Crippen LogP contribution in [0, 0.1) is 5.92 Å². The van der Waals surface area contributed by atoms with Gasteiger partial charge in [0.25, 0.3) is 5.91 Å². The quantitative estimate of drug-likeness (QED) is 0.289. The first-order valence-corrected chi connectivity index (χ1v) is 14.0. The molecule has 1 aromatic heterocycles. The summed E-state index contributed by atoms with van der Waals surface area (Å²) in [7, 11) is -3.56. The average molecular weight is 528 g/mol. The van der Waals surface area contributed by atoms with E-state index in [1.165, 1.54) is 4.31 Å². The number of carbonyl (C=O) groups is 2. The summed E-state index contributed by atoms with van der Waals surface area (Å²) in [5.74, 6) is -0.869. The molecule has 2 amide bonds. The van der Waals surface area contributed by atoms with E-state index < -0.39 is 33.8 Å². The maximum absolute atomic E-state index is 13.0. The van der Waals surface area contributed by atoms with Crippen LogP contribution in [0.3, 0.4) is 0 Å². The minimum atomic E-state index is -3.56. The topological polar surface area (TPSA) is 134 Å². The van der Waals surface area contributed by atoms with Crippen LogP contribution in [0.5, 0.6) is 0 Å². The lowest BCUT2D eigenvalue weighted by Gasteiger charge is -2.18. The molecule has 0 saturated carbocycles. The first-order valence-electron chi connectivity index (χ1n) is 12.4. The van der Waals surface area contributed by atoms with Gasteiger partial charge >= 0.3 is 0 Å². The summed E-state index contributed by atoms with van der Waals surface area (Å²) in [6.07, 6.45) is 0.437. The number of hydrogen-bond acceptors (Lipinski definition) is 6. The smallest absolute Gasteiger partial charge is 0.251 e. The molecule has 2 atom stereocenters. The van der Waals surface area contributed by atoms with Crippen LogP contribution in [0.1, 0.15) is 54.9 Å². The van der Waals surface area contributed by atoms with Crippen LogP contribution >= 0.6 is 0 Å². The monoisotopic (exact) mass is 527 g/mol. The van der Waals surface area contributed by atoms with Gasteiger partial charge in [-0.1, -0.05) is 45.0 Å². The van der Waals surface area contributed by atoms with Crippen LogP contribution in [0.4, 0.5) is 0 Å². The molecule has 4 rings (SSSR count). The van der Waals surface area contributed by atoms with Crippen molar-refractivity contribution in [3.8, 4) is 0 Å². The molecule has 0 spiro atoms. The van der Waals surface area contributed by atoms with Crippen molar-refractivity contribution in [2.24, 2.45) is 5.92 Å². The third-order valence-corrected chi connectivity index (χ3v) is 8.67. The van der Waals surface area contributed by atoms with Crippen LogP contribution in [-0.4, -0.2) is 64.2 Å². The number of hydrogen-bond donors (Lipinski definition) is 3. The molecular weight excluding hydrogens is 494 g/mol. The maximum Gasteiger partial charge on any atom is 0.251 e. The molecular formula is C26H33N5O5S. The summed E-state index contributed by atoms with van der Waals surface area (Å²) in [6, 6.07) is 14.4. The molecule has 2 aromatic carbocycles. The van der Waals surface area contributed by atoms with Crippen molar-refractivity contribution in [2.45, 2.75) is 45.7 Å². The Labute approximate surface area is 216 Å². The number of nitrogens with one attached hydrogen (secondary N) is 2. The van der Waals surface area contributed by atoms with Crippen molar-refractivity contribution >= 4 is 32.9 Å². The zero-order valence-electron chi connectivity index (χ0n) is 21.2. The molecule has 0 aliphatic carbocycles. The summed E-state index contributed by atoms with van der Waals surface area (Å²) < 4.78 is 28.4. The third kappa shape index (κ3) is 5.68. The summed E-state index contributed by atoms with van der Waals surface area (Å²) in [4.78, 5) is 30.0. The van der Waals surface area contributed by atoms with Gasteiger partial charge in [0.2, 0.25) is 15.9 Å². The summed E-state index contributed by atoms with van der Waals surface area (Å²) in [6.45, 7) is 6.43. The van der Waals surface area contributed by atoms with Gasteiger partial charge in [-0.3, -0.25) is 14.8 Å². The number of rotatable bonds is 9. The lowest BCUT2D eigenvalue weighted by atomic mass is 10.0. The van der Waals surface area contributed by atoms with Gasteiger partial charge in [0.15, 0.2) is 0 Å². The number of imidazole rings is 1. The Balaban J connectivity index is 1.49. The van der Waals surface area contributed by atoms with E-state index in [1.807, 2.05) is 36.4 Å². The van der Waals surface area contributed by atoms with Crippen LogP contribution in [0.15, 0.2) is 48.5 Å². The van der Waals surface area contributed by atoms with Gasteiger partial charge in [0.05, 0.1) is 28.7 Å². The molecule has 37 heavy (non-hydrogen) atoms. The van der Waals surface area contributed by atoms with Gasteiger partial charge in [-0.15, -0.1) is 0 Å². The highest BCUT2D eigenvalue weighted by Crippen LogP contribution is 2.24. The standard InChI is InChI=1S/C26H33N5O5S/c1-4-13-37(35,36)30-15-20(26(33)29-34)22(16-30)28-25(32)19-11-9-18(10-12-19)14-31-23-8-6-5-7-21(23)27-24(31)17(2)3/h5-12,17,20,22,34H,4,13-16H2,1-3H3,(H,28,32)(H,29,33)/t20-,22+/m0/s1. The van der Waals surface area contributed by atoms with Crippen LogP contribution in [0.25, 0.3) is 11.0 Å². The predicted octanol–water partition coefficient (Wildman–Crippen LogP) is 2.48. The zero-order chi connectivity index (χ0) is 26.7. The van der Waals surface area contributed by atoms with Crippen molar-refractivity contribution < 1.29 is 23.2 Å². The minimum absolute atomic E-state index is 0.0318. The fraction of sp³-hybridized carbons (Fsp3) is 0.423. The minimum Gasteiger partial charge on any atom is -0.347 e. The lowest BCUT2D eigenvalue weighted by molar-refractivity contribution is -0.133. The largest absolute Gasteiger partial charge is 0.347 e. The molecule has 1 aliphatic rings. The molecule has 3 N–H and O–H groups in total. The number of nitrogens with zero attached hydrogens (tertiary/aromatic N) is 3. The number of para-hydroxylation sites is 2. The lowest BCUT2D eigenvalue weighted by Crippen LogP contribution is -2.45. The van der Waals surface area contributed by atoms with Crippen molar-refractivity contribution in [2.75, 3.05) is 18.8 Å². The molecule has 0 bridgehead atoms. The molecule has 1 aliphatic heterocycles. The molecule has 3 aromatic rings. The number of aromatic nitrogens is 2. The van der Waals surface area contributed by atoms with E-state index in [0.29, 0.717) is 18.5 Å². The molecule has 11 heteroatoms. The highest BCUT2D eigenvalue weighted by molar-refractivity contribution is 7.89. The molecule has 0 unspecified atom stereocenters. The van der Waals surface area contributed by atoms with Crippen LogP contribution in [-0.2, 0) is 21.4 Å². The Hall–Kier alpha value is -3.28. The number of fused-ring (bicyclic) bond motifs is 1. The number of hydroxylamine groups is 1. The molecule has 10 nitrogen and oxygen atoms in total. The van der Waals surface area contributed by atoms with Gasteiger partial charge in [0, 0.05) is 31.1 Å². The van der Waals surface area contributed by atoms with Crippen molar-refractivity contribution in [3.05, 3.63) is 65.5 Å². The van der Waals surface area contributed by atoms with Gasteiger partial charge < -0.3 is 9.88 Å². The molecule has 198 valence electrons. The summed E-state index contributed by atoms with van der Waals surface area (Å²) >= 11 is 0. The van der Waals surface area contributed by atoms with Gasteiger partial charge in [0.1, 0.15) is 5.82 Å². The van der Waals surface area contributed by atoms with E-state index in [0.717, 1.165) is 22.4 Å². The van der Waals surface area contributed by atoms with Crippen molar-refractivity contribution in [1.82, 2.24) is 24.7 Å². The molecule has 0 radical (unpaired) electrons. The molecule has 1 fully saturated rings. The Morgan fingerprint density at radius 2 is 1.81 bits per heavy atom. The fourth-order valence-electron chi connectivity index (χ4n) is 4.77. The number of benzene rings is 2. The van der Waals surface area contributed by atoms with Gasteiger partial charge in [-0.25, -0.2) is 18.9 Å². The first kappa shape index (κ1) is 26.8. The normalized spacial score (nSPS) is 18.4. The summed E-state index contributed by atoms with van der Waals surface area (Å²) in [5, 5.41) is 11.9. The number of sulfonamides is 1. The van der Waals surface area contributed by atoms with E-state index in [4.69, 9.17) is 10.2 Å². The van der Waals surface area contributed by atoms with Crippen LogP contribution in [0.2, 0.25) is 0 Å². The maximum atomic E-state index is 13.0. The number of carbonyl (C=O) groups excluding carboxylic acids is 2. The Kier molecular flexibility index (Phi) is 7.96. The second-order valence-corrected chi connectivity index (χ2v) is 11.8. The van der Waals surface area contributed by atoms with Crippen molar-refractivity contribution in [1.29, 1.82) is 0 Å². The molecule has 1 saturated heterocycles. The molecule has 2 heterocycles. The summed E-state index contributed by atoms with van der Waals surface area (Å²) in [5.41, 5.74) is 4.96. The highest BCUT2D eigenvalue weighted by Gasteiger charge is 2.42. The van der Waals surface area contributed by atoms with E-state index in [1.54, 1.807) is 24.5 Å².